The minimum Gasteiger partial charge on any atom is -0.422 e. The van der Waals surface area contributed by atoms with E-state index in [1.807, 2.05) is 60.7 Å². The molecule has 0 heterocycles. The van der Waals surface area contributed by atoms with Crippen LogP contribution in [0, 0.1) is 10.8 Å². The van der Waals surface area contributed by atoms with E-state index in [0.29, 0.717) is 22.6 Å². The molecule has 3 nitrogen and oxygen atoms in total. The first-order valence-corrected chi connectivity index (χ1v) is 9.13. The van der Waals surface area contributed by atoms with Crippen molar-refractivity contribution in [2.75, 3.05) is 0 Å². The zero-order valence-corrected chi connectivity index (χ0v) is 16.3. The second kappa shape index (κ2) is 7.36. The minimum atomic E-state index is -0.406. The van der Waals surface area contributed by atoms with Crippen LogP contribution in [0.4, 0.5) is 0 Å². The second-order valence-corrected chi connectivity index (χ2v) is 8.11. The number of ether oxygens (including phenoxy) is 1. The molecule has 1 N–H and O–H groups in total. The average Bonchev–Trinajstić information content (AvgIpc) is 2.61. The number of hydrogen-bond donors (Lipinski definition) is 1. The van der Waals surface area contributed by atoms with Gasteiger partial charge in [0.2, 0.25) is 0 Å². The quantitative estimate of drug-likeness (QED) is 0.351. The lowest BCUT2D eigenvalue weighted by molar-refractivity contribution is 0.0737. The Morgan fingerprint density at radius 3 is 2.26 bits per heavy atom. The molecule has 0 amide bonds. The molecule has 138 valence electrons. The van der Waals surface area contributed by atoms with Crippen LogP contribution >= 0.6 is 0 Å². The summed E-state index contributed by atoms with van der Waals surface area (Å²) in [7, 11) is 0. The summed E-state index contributed by atoms with van der Waals surface area (Å²) in [6.45, 7) is 8.27. The molecule has 3 aromatic rings. The Balaban J connectivity index is 1.92. The molecule has 27 heavy (non-hydrogen) atoms. The Labute approximate surface area is 160 Å². The van der Waals surface area contributed by atoms with Crippen molar-refractivity contribution >= 4 is 22.5 Å². The van der Waals surface area contributed by atoms with Crippen LogP contribution in [-0.2, 0) is 6.42 Å². The number of carbonyl (C=O) groups excluding carboxylic acids is 1. The normalized spacial score (nSPS) is 11.4. The van der Waals surface area contributed by atoms with Crippen molar-refractivity contribution in [1.29, 1.82) is 5.41 Å². The van der Waals surface area contributed by atoms with Crippen LogP contribution in [0.15, 0.2) is 60.7 Å². The molecule has 0 bridgehead atoms. The summed E-state index contributed by atoms with van der Waals surface area (Å²) in [6, 6.07) is 19.1. The molecule has 0 atom stereocenters. The number of rotatable bonds is 4. The Bertz CT molecular complexity index is 995. The van der Waals surface area contributed by atoms with Crippen LogP contribution in [0.3, 0.4) is 0 Å². The largest absolute Gasteiger partial charge is 0.422 e. The van der Waals surface area contributed by atoms with Gasteiger partial charge in [-0.3, -0.25) is 0 Å². The minimum absolute atomic E-state index is 0.196. The Kier molecular flexibility index (Phi) is 5.13. The molecule has 3 aromatic carbocycles. The van der Waals surface area contributed by atoms with E-state index in [-0.39, 0.29) is 5.41 Å². The summed E-state index contributed by atoms with van der Waals surface area (Å²) >= 11 is 0. The number of esters is 1. The number of benzene rings is 3. The molecular weight excluding hydrogens is 334 g/mol. The number of carbonyl (C=O) groups is 1. The van der Waals surface area contributed by atoms with Crippen LogP contribution in [0.5, 0.6) is 5.75 Å². The van der Waals surface area contributed by atoms with E-state index in [9.17, 15) is 4.79 Å². The van der Waals surface area contributed by atoms with E-state index in [1.54, 1.807) is 6.92 Å². The first-order valence-electron chi connectivity index (χ1n) is 9.13. The summed E-state index contributed by atoms with van der Waals surface area (Å²) in [5.74, 6) is 0.0422. The van der Waals surface area contributed by atoms with Gasteiger partial charge in [0, 0.05) is 16.7 Å². The molecule has 3 heteroatoms. The Hall–Kier alpha value is -2.94. The molecule has 3 rings (SSSR count). The van der Waals surface area contributed by atoms with Gasteiger partial charge in [0.15, 0.2) is 0 Å². The van der Waals surface area contributed by atoms with E-state index in [0.717, 1.165) is 17.2 Å². The molecule has 0 aliphatic carbocycles. The molecule has 0 fully saturated rings. The van der Waals surface area contributed by atoms with Crippen molar-refractivity contribution < 1.29 is 9.53 Å². The predicted molar refractivity (Wildman–Crippen MR) is 111 cm³/mol. The van der Waals surface area contributed by atoms with Crippen molar-refractivity contribution in [3.63, 3.8) is 0 Å². The highest BCUT2D eigenvalue weighted by atomic mass is 16.5. The first-order chi connectivity index (χ1) is 12.7. The molecule has 0 unspecified atom stereocenters. The highest BCUT2D eigenvalue weighted by Crippen LogP contribution is 2.31. The molecule has 0 spiro atoms. The van der Waals surface area contributed by atoms with Gasteiger partial charge in [-0.25, -0.2) is 4.79 Å². The maximum atomic E-state index is 12.7. The van der Waals surface area contributed by atoms with Gasteiger partial charge < -0.3 is 10.1 Å². The van der Waals surface area contributed by atoms with Crippen LogP contribution in [0.2, 0.25) is 0 Å². The fourth-order valence-corrected chi connectivity index (χ4v) is 3.17. The summed E-state index contributed by atoms with van der Waals surface area (Å²) < 4.78 is 5.77. The zero-order chi connectivity index (χ0) is 19.6. The topological polar surface area (TPSA) is 50.1 Å². The summed E-state index contributed by atoms with van der Waals surface area (Å²) in [5.41, 5.74) is 2.89. The van der Waals surface area contributed by atoms with Gasteiger partial charge in [0.05, 0.1) is 5.56 Å². The van der Waals surface area contributed by atoms with Crippen LogP contribution in [0.25, 0.3) is 10.8 Å². The Morgan fingerprint density at radius 2 is 1.63 bits per heavy atom. The third kappa shape index (κ3) is 4.43. The predicted octanol–water partition coefficient (Wildman–Crippen LogP) is 6.04. The summed E-state index contributed by atoms with van der Waals surface area (Å²) in [6.07, 6.45) is 0.947. The number of nitrogens with one attached hydrogen (secondary N) is 1. The third-order valence-electron chi connectivity index (χ3n) is 4.40. The van der Waals surface area contributed by atoms with E-state index in [2.05, 4.69) is 20.8 Å². The van der Waals surface area contributed by atoms with Gasteiger partial charge >= 0.3 is 5.97 Å². The molecular formula is C24H25NO2. The number of fused-ring (bicyclic) bond motifs is 1. The lowest BCUT2D eigenvalue weighted by Gasteiger charge is -2.18. The molecule has 0 aliphatic rings. The van der Waals surface area contributed by atoms with Gasteiger partial charge in [-0.15, -0.1) is 0 Å². The maximum absolute atomic E-state index is 12.7. The fraction of sp³-hybridized carbons (Fsp3) is 0.250. The first kappa shape index (κ1) is 18.8. The lowest BCUT2D eigenvalue weighted by Crippen LogP contribution is -2.12. The fourth-order valence-electron chi connectivity index (χ4n) is 3.17. The summed E-state index contributed by atoms with van der Waals surface area (Å²) in [5, 5.41) is 9.83. The van der Waals surface area contributed by atoms with Crippen molar-refractivity contribution in [3.05, 3.63) is 77.4 Å². The zero-order valence-electron chi connectivity index (χ0n) is 16.3. The van der Waals surface area contributed by atoms with E-state index < -0.39 is 5.97 Å². The number of hydrogen-bond acceptors (Lipinski definition) is 3. The average molecular weight is 359 g/mol. The highest BCUT2D eigenvalue weighted by molar-refractivity contribution is 6.06. The maximum Gasteiger partial charge on any atom is 0.343 e. The van der Waals surface area contributed by atoms with Crippen LogP contribution in [-0.4, -0.2) is 11.7 Å². The van der Waals surface area contributed by atoms with E-state index in [1.165, 1.54) is 5.56 Å². The molecule has 0 saturated carbocycles. The molecule has 0 aromatic heterocycles. The molecule has 0 radical (unpaired) electrons. The third-order valence-corrected chi connectivity index (χ3v) is 4.40. The van der Waals surface area contributed by atoms with Crippen molar-refractivity contribution in [1.82, 2.24) is 0 Å². The van der Waals surface area contributed by atoms with Gasteiger partial charge in [0.25, 0.3) is 0 Å². The van der Waals surface area contributed by atoms with Crippen molar-refractivity contribution in [3.8, 4) is 5.75 Å². The van der Waals surface area contributed by atoms with Gasteiger partial charge in [0.1, 0.15) is 5.75 Å². The van der Waals surface area contributed by atoms with Crippen LogP contribution in [0.1, 0.15) is 49.2 Å². The van der Waals surface area contributed by atoms with Crippen molar-refractivity contribution in [2.45, 2.75) is 34.1 Å². The monoisotopic (exact) mass is 359 g/mol. The van der Waals surface area contributed by atoms with Crippen molar-refractivity contribution in [2.24, 2.45) is 5.41 Å². The van der Waals surface area contributed by atoms with Gasteiger partial charge in [-0.1, -0.05) is 63.2 Å². The summed E-state index contributed by atoms with van der Waals surface area (Å²) in [4.78, 5) is 12.7. The lowest BCUT2D eigenvalue weighted by atomic mass is 9.88. The smallest absolute Gasteiger partial charge is 0.343 e. The van der Waals surface area contributed by atoms with Gasteiger partial charge in [-0.2, -0.15) is 0 Å². The highest BCUT2D eigenvalue weighted by Gasteiger charge is 2.17. The van der Waals surface area contributed by atoms with E-state index >= 15 is 0 Å². The van der Waals surface area contributed by atoms with Crippen LogP contribution < -0.4 is 4.74 Å². The second-order valence-electron chi connectivity index (χ2n) is 8.11. The van der Waals surface area contributed by atoms with Gasteiger partial charge in [-0.05, 0) is 47.9 Å². The molecule has 0 saturated heterocycles. The molecule has 0 aliphatic heterocycles. The standard InChI is InChI=1S/C24H25NO2/c1-16(25)20-14-13-18-7-5-6-8-21(18)22(20)27-23(26)19-11-9-17(10-12-19)15-24(2,3)4/h5-14,25H,15H2,1-4H3. The SMILES string of the molecule is CC(=N)c1ccc2ccccc2c1OC(=O)c1ccc(CC(C)(C)C)cc1. The Morgan fingerprint density at radius 1 is 0.963 bits per heavy atom. The van der Waals surface area contributed by atoms with E-state index in [4.69, 9.17) is 10.1 Å².